The quantitative estimate of drug-likeness (QED) is 0.278. The fourth-order valence-electron chi connectivity index (χ4n) is 3.59. The van der Waals surface area contributed by atoms with Crippen molar-refractivity contribution in [3.05, 3.63) is 23.8 Å². The monoisotopic (exact) mass is 518 g/mol. The number of halogens is 1. The van der Waals surface area contributed by atoms with Gasteiger partial charge in [-0.1, -0.05) is 39.2 Å². The fourth-order valence-corrected chi connectivity index (χ4v) is 3.59. The van der Waals surface area contributed by atoms with Gasteiger partial charge in [0, 0.05) is 26.2 Å². The molecule has 0 aromatic heterocycles. The minimum absolute atomic E-state index is 0. The Hall–Kier alpha value is -1.22. The number of guanidine groups is 1. The summed E-state index contributed by atoms with van der Waals surface area (Å²) in [5.74, 6) is 2.43. The summed E-state index contributed by atoms with van der Waals surface area (Å²) in [6.07, 6.45) is 6.43. The van der Waals surface area contributed by atoms with Gasteiger partial charge in [0.05, 0.1) is 7.11 Å². The van der Waals surface area contributed by atoms with Gasteiger partial charge in [-0.15, -0.1) is 24.0 Å². The number of nitrogens with zero attached hydrogens (tertiary/aromatic N) is 2. The van der Waals surface area contributed by atoms with Gasteiger partial charge < -0.3 is 25.0 Å². The number of hydrogen-bond donors (Lipinski definition) is 2. The molecule has 0 amide bonds. The maximum atomic E-state index is 5.94. The first-order valence-electron chi connectivity index (χ1n) is 10.7. The van der Waals surface area contributed by atoms with Gasteiger partial charge in [0.2, 0.25) is 0 Å². The van der Waals surface area contributed by atoms with Crippen LogP contribution in [0.15, 0.2) is 23.2 Å². The molecule has 0 spiro atoms. The Morgan fingerprint density at radius 1 is 1.14 bits per heavy atom. The highest BCUT2D eigenvalue weighted by atomic mass is 127. The zero-order chi connectivity index (χ0) is 20.2. The second-order valence-corrected chi connectivity index (χ2v) is 7.27. The fraction of sp³-hybridized carbons (Fsp3) is 0.682. The lowest BCUT2D eigenvalue weighted by Crippen LogP contribution is -2.43. The molecule has 0 bridgehead atoms. The Bertz CT molecular complexity index is 602. The summed E-state index contributed by atoms with van der Waals surface area (Å²) < 4.78 is 11.5. The minimum atomic E-state index is 0. The molecule has 1 saturated carbocycles. The first kappa shape index (κ1) is 25.8. The maximum absolute atomic E-state index is 5.94. The SMILES string of the molecule is CCN(CC)CCOc1ccc(CNC(=NC)NC2CCCCC2)cc1OC.I. The first-order valence-corrected chi connectivity index (χ1v) is 10.7. The van der Waals surface area contributed by atoms with Gasteiger partial charge in [0.1, 0.15) is 6.61 Å². The zero-order valence-corrected chi connectivity index (χ0v) is 20.8. The smallest absolute Gasteiger partial charge is 0.191 e. The van der Waals surface area contributed by atoms with E-state index >= 15 is 0 Å². The van der Waals surface area contributed by atoms with Crippen molar-refractivity contribution in [3.8, 4) is 11.5 Å². The summed E-state index contributed by atoms with van der Waals surface area (Å²) in [6, 6.07) is 6.65. The molecule has 1 aromatic rings. The minimum Gasteiger partial charge on any atom is -0.493 e. The molecule has 0 atom stereocenters. The first-order chi connectivity index (χ1) is 13.7. The molecule has 2 rings (SSSR count). The molecule has 0 radical (unpaired) electrons. The molecule has 1 aromatic carbocycles. The van der Waals surface area contributed by atoms with Crippen LogP contribution in [0.3, 0.4) is 0 Å². The topological polar surface area (TPSA) is 58.1 Å². The summed E-state index contributed by atoms with van der Waals surface area (Å²) in [4.78, 5) is 6.71. The molecule has 166 valence electrons. The highest BCUT2D eigenvalue weighted by molar-refractivity contribution is 14.0. The van der Waals surface area contributed by atoms with Crippen LogP contribution in [0.5, 0.6) is 11.5 Å². The highest BCUT2D eigenvalue weighted by Crippen LogP contribution is 2.28. The van der Waals surface area contributed by atoms with Gasteiger partial charge in [-0.3, -0.25) is 4.99 Å². The van der Waals surface area contributed by atoms with E-state index in [4.69, 9.17) is 9.47 Å². The summed E-state index contributed by atoms with van der Waals surface area (Å²) in [6.45, 7) is 8.69. The lowest BCUT2D eigenvalue weighted by atomic mass is 9.96. The van der Waals surface area contributed by atoms with Gasteiger partial charge in [-0.25, -0.2) is 0 Å². The number of ether oxygens (including phenoxy) is 2. The zero-order valence-electron chi connectivity index (χ0n) is 18.5. The lowest BCUT2D eigenvalue weighted by Gasteiger charge is -2.25. The van der Waals surface area contributed by atoms with Crippen LogP contribution in [0.4, 0.5) is 0 Å². The third-order valence-corrected chi connectivity index (χ3v) is 5.42. The van der Waals surface area contributed by atoms with E-state index in [0.29, 0.717) is 19.2 Å². The molecule has 1 aliphatic rings. The molecule has 29 heavy (non-hydrogen) atoms. The summed E-state index contributed by atoms with van der Waals surface area (Å²) in [5.41, 5.74) is 1.14. The number of aliphatic imine (C=N–C) groups is 1. The number of rotatable bonds is 10. The van der Waals surface area contributed by atoms with E-state index in [1.807, 2.05) is 19.2 Å². The van der Waals surface area contributed by atoms with Crippen LogP contribution < -0.4 is 20.1 Å². The van der Waals surface area contributed by atoms with Crippen molar-refractivity contribution in [2.75, 3.05) is 40.4 Å². The van der Waals surface area contributed by atoms with E-state index in [1.165, 1.54) is 32.1 Å². The predicted octanol–water partition coefficient (Wildman–Crippen LogP) is 4.03. The van der Waals surface area contributed by atoms with Crippen LogP contribution in [-0.4, -0.2) is 57.3 Å². The number of benzene rings is 1. The van der Waals surface area contributed by atoms with Crippen LogP contribution in [-0.2, 0) is 6.54 Å². The Morgan fingerprint density at radius 2 is 1.86 bits per heavy atom. The van der Waals surface area contributed by atoms with Gasteiger partial charge in [-0.05, 0) is 43.6 Å². The van der Waals surface area contributed by atoms with E-state index in [1.54, 1.807) is 7.11 Å². The second-order valence-electron chi connectivity index (χ2n) is 7.27. The van der Waals surface area contributed by atoms with E-state index in [-0.39, 0.29) is 24.0 Å². The van der Waals surface area contributed by atoms with E-state index in [2.05, 4.69) is 40.4 Å². The molecule has 0 aliphatic heterocycles. The Labute approximate surface area is 193 Å². The molecule has 2 N–H and O–H groups in total. The standard InChI is InChI=1S/C22H38N4O2.HI/c1-5-26(6-2)14-15-28-20-13-12-18(16-21(20)27-4)17-24-22(23-3)25-19-10-8-7-9-11-19;/h12-13,16,19H,5-11,14-15,17H2,1-4H3,(H2,23,24,25);1H. The van der Waals surface area contributed by atoms with Crippen molar-refractivity contribution in [2.24, 2.45) is 4.99 Å². The third-order valence-electron chi connectivity index (χ3n) is 5.42. The van der Waals surface area contributed by atoms with Crippen LogP contribution in [0.25, 0.3) is 0 Å². The summed E-state index contributed by atoms with van der Waals surface area (Å²) in [7, 11) is 3.51. The average molecular weight is 518 g/mol. The largest absolute Gasteiger partial charge is 0.493 e. The van der Waals surface area contributed by atoms with Crippen molar-refractivity contribution in [2.45, 2.75) is 58.5 Å². The van der Waals surface area contributed by atoms with Crippen LogP contribution in [0.2, 0.25) is 0 Å². The lowest BCUT2D eigenvalue weighted by molar-refractivity contribution is 0.217. The van der Waals surface area contributed by atoms with Crippen LogP contribution in [0, 0.1) is 0 Å². The normalized spacial score (nSPS) is 15.0. The van der Waals surface area contributed by atoms with Gasteiger partial charge in [0.15, 0.2) is 17.5 Å². The van der Waals surface area contributed by atoms with E-state index in [9.17, 15) is 0 Å². The number of nitrogens with one attached hydrogen (secondary N) is 2. The Morgan fingerprint density at radius 3 is 2.48 bits per heavy atom. The molecular formula is C22H39IN4O2. The van der Waals surface area contributed by atoms with Crippen molar-refractivity contribution in [3.63, 3.8) is 0 Å². The molecule has 0 saturated heterocycles. The number of methoxy groups -OCH3 is 1. The van der Waals surface area contributed by atoms with Crippen molar-refractivity contribution < 1.29 is 9.47 Å². The third kappa shape index (κ3) is 8.99. The van der Waals surface area contributed by atoms with Gasteiger partial charge in [-0.2, -0.15) is 0 Å². The molecule has 0 unspecified atom stereocenters. The van der Waals surface area contributed by atoms with Gasteiger partial charge >= 0.3 is 0 Å². The van der Waals surface area contributed by atoms with E-state index in [0.717, 1.165) is 42.7 Å². The molecule has 1 fully saturated rings. The predicted molar refractivity (Wildman–Crippen MR) is 132 cm³/mol. The van der Waals surface area contributed by atoms with E-state index < -0.39 is 0 Å². The molecule has 0 heterocycles. The Kier molecular flexibility index (Phi) is 13.1. The van der Waals surface area contributed by atoms with Crippen LogP contribution >= 0.6 is 24.0 Å². The summed E-state index contributed by atoms with van der Waals surface area (Å²) >= 11 is 0. The second kappa shape index (κ2) is 14.7. The van der Waals surface area contributed by atoms with Crippen molar-refractivity contribution in [1.29, 1.82) is 0 Å². The number of hydrogen-bond acceptors (Lipinski definition) is 4. The highest BCUT2D eigenvalue weighted by Gasteiger charge is 2.14. The van der Waals surface area contributed by atoms with Crippen LogP contribution in [0.1, 0.15) is 51.5 Å². The Balaban J connectivity index is 0.00000420. The van der Waals surface area contributed by atoms with Crippen molar-refractivity contribution in [1.82, 2.24) is 15.5 Å². The molecular weight excluding hydrogens is 479 g/mol. The average Bonchev–Trinajstić information content (AvgIpc) is 2.75. The van der Waals surface area contributed by atoms with Crippen molar-refractivity contribution >= 4 is 29.9 Å². The number of likely N-dealkylation sites (N-methyl/N-ethyl adjacent to an activating group) is 1. The maximum Gasteiger partial charge on any atom is 0.191 e. The van der Waals surface area contributed by atoms with Gasteiger partial charge in [0.25, 0.3) is 0 Å². The molecule has 7 heteroatoms. The summed E-state index contributed by atoms with van der Waals surface area (Å²) in [5, 5.41) is 6.96. The molecule has 1 aliphatic carbocycles. The molecule has 6 nitrogen and oxygen atoms in total.